The Hall–Kier alpha value is -1.07. The van der Waals surface area contributed by atoms with Crippen LogP contribution in [0.5, 0.6) is 0 Å². The number of hydrogen-bond donors (Lipinski definition) is 2. The summed E-state index contributed by atoms with van der Waals surface area (Å²) < 4.78 is 0. The highest BCUT2D eigenvalue weighted by atomic mass is 32.1. The number of carbonyl (C=O) groups is 1. The highest BCUT2D eigenvalue weighted by Crippen LogP contribution is 2.35. The molecule has 1 aliphatic rings. The Morgan fingerprint density at radius 1 is 1.65 bits per heavy atom. The molecule has 94 valence electrons. The van der Waals surface area contributed by atoms with Crippen LogP contribution in [0.2, 0.25) is 0 Å². The number of β-amino-alcohol motifs (C(OH)–C–C–N with tert-alkyl or cyclic N) is 1. The second-order valence-corrected chi connectivity index (χ2v) is 5.98. The minimum Gasteiger partial charge on any atom is -0.397 e. The van der Waals surface area contributed by atoms with Crippen molar-refractivity contribution in [2.75, 3.05) is 23.7 Å². The zero-order valence-corrected chi connectivity index (χ0v) is 11.0. The standard InChI is InChI=1S/C12H18N2O2S/c1-8(15)11-9(13)6-10(17-11)14-5-3-4-12(2,16)7-14/h6,16H,3-5,7,13H2,1-2H3. The molecule has 0 spiro atoms. The van der Waals surface area contributed by atoms with E-state index in [-0.39, 0.29) is 5.78 Å². The van der Waals surface area contributed by atoms with Gasteiger partial charge in [-0.1, -0.05) is 0 Å². The molecule has 4 nitrogen and oxygen atoms in total. The van der Waals surface area contributed by atoms with E-state index in [1.54, 1.807) is 0 Å². The van der Waals surface area contributed by atoms with Crippen molar-refractivity contribution in [1.82, 2.24) is 0 Å². The minimum atomic E-state index is -0.645. The summed E-state index contributed by atoms with van der Waals surface area (Å²) in [5.41, 5.74) is 5.72. The third-order valence-electron chi connectivity index (χ3n) is 3.05. The molecule has 1 fully saturated rings. The zero-order chi connectivity index (χ0) is 12.6. The van der Waals surface area contributed by atoms with Crippen LogP contribution in [-0.2, 0) is 0 Å². The average molecular weight is 254 g/mol. The Morgan fingerprint density at radius 2 is 2.35 bits per heavy atom. The van der Waals surface area contributed by atoms with Gasteiger partial charge in [-0.05, 0) is 25.8 Å². The highest BCUT2D eigenvalue weighted by Gasteiger charge is 2.29. The summed E-state index contributed by atoms with van der Waals surface area (Å²) in [6.45, 7) is 4.89. The lowest BCUT2D eigenvalue weighted by atomic mass is 9.95. The van der Waals surface area contributed by atoms with Gasteiger partial charge in [0.25, 0.3) is 0 Å². The Bertz CT molecular complexity index is 440. The maximum atomic E-state index is 11.4. The van der Waals surface area contributed by atoms with Crippen molar-refractivity contribution >= 4 is 27.8 Å². The van der Waals surface area contributed by atoms with E-state index in [1.165, 1.54) is 18.3 Å². The van der Waals surface area contributed by atoms with E-state index in [1.807, 2.05) is 13.0 Å². The van der Waals surface area contributed by atoms with Crippen molar-refractivity contribution < 1.29 is 9.90 Å². The number of thiophene rings is 1. The Balaban J connectivity index is 2.22. The van der Waals surface area contributed by atoms with Gasteiger partial charge < -0.3 is 15.7 Å². The second-order valence-electron chi connectivity index (χ2n) is 4.95. The lowest BCUT2D eigenvalue weighted by molar-refractivity contribution is 0.0451. The molecule has 1 unspecified atom stereocenters. The van der Waals surface area contributed by atoms with Crippen molar-refractivity contribution in [2.24, 2.45) is 0 Å². The summed E-state index contributed by atoms with van der Waals surface area (Å²) >= 11 is 1.42. The first-order valence-corrected chi connectivity index (χ1v) is 6.58. The van der Waals surface area contributed by atoms with Gasteiger partial charge in [0.2, 0.25) is 0 Å². The van der Waals surface area contributed by atoms with Crippen LogP contribution in [0.4, 0.5) is 10.7 Å². The van der Waals surface area contributed by atoms with E-state index in [9.17, 15) is 9.90 Å². The fraction of sp³-hybridized carbons (Fsp3) is 0.583. The molecule has 0 bridgehead atoms. The number of nitrogens with zero attached hydrogens (tertiary/aromatic N) is 1. The first kappa shape index (κ1) is 12.4. The van der Waals surface area contributed by atoms with Crippen molar-refractivity contribution in [2.45, 2.75) is 32.3 Å². The SMILES string of the molecule is CC(=O)c1sc(N2CCCC(C)(O)C2)cc1N. The van der Waals surface area contributed by atoms with E-state index in [0.717, 1.165) is 24.4 Å². The molecule has 0 aromatic carbocycles. The first-order valence-electron chi connectivity index (χ1n) is 5.77. The third kappa shape index (κ3) is 2.61. The van der Waals surface area contributed by atoms with Gasteiger partial charge in [-0.25, -0.2) is 0 Å². The zero-order valence-electron chi connectivity index (χ0n) is 10.2. The molecule has 17 heavy (non-hydrogen) atoms. The third-order valence-corrected chi connectivity index (χ3v) is 4.37. The van der Waals surface area contributed by atoms with Crippen LogP contribution in [0.25, 0.3) is 0 Å². The number of piperidine rings is 1. The maximum absolute atomic E-state index is 11.4. The maximum Gasteiger partial charge on any atom is 0.171 e. The van der Waals surface area contributed by atoms with Gasteiger partial charge in [-0.3, -0.25) is 4.79 Å². The van der Waals surface area contributed by atoms with Crippen molar-refractivity contribution in [3.05, 3.63) is 10.9 Å². The molecule has 0 radical (unpaired) electrons. The minimum absolute atomic E-state index is 0.00233. The van der Waals surface area contributed by atoms with Crippen LogP contribution in [0, 0.1) is 0 Å². The van der Waals surface area contributed by atoms with Gasteiger partial charge in [0.05, 0.1) is 21.2 Å². The molecule has 2 heterocycles. The topological polar surface area (TPSA) is 66.6 Å². The van der Waals surface area contributed by atoms with Crippen molar-refractivity contribution in [3.8, 4) is 0 Å². The summed E-state index contributed by atoms with van der Waals surface area (Å²) in [5.74, 6) is 0.00233. The Kier molecular flexibility index (Phi) is 3.14. The van der Waals surface area contributed by atoms with Crippen LogP contribution in [-0.4, -0.2) is 29.6 Å². The van der Waals surface area contributed by atoms with Gasteiger partial charge in [0, 0.05) is 20.0 Å². The molecule has 3 N–H and O–H groups in total. The number of rotatable bonds is 2. The fourth-order valence-electron chi connectivity index (χ4n) is 2.23. The van der Waals surface area contributed by atoms with Gasteiger partial charge in [-0.2, -0.15) is 0 Å². The molecule has 1 aliphatic heterocycles. The predicted octanol–water partition coefficient (Wildman–Crippen LogP) is 1.88. The summed E-state index contributed by atoms with van der Waals surface area (Å²) in [5, 5.41) is 11.0. The van der Waals surface area contributed by atoms with Crippen LogP contribution >= 0.6 is 11.3 Å². The van der Waals surface area contributed by atoms with E-state index < -0.39 is 5.60 Å². The summed E-state index contributed by atoms with van der Waals surface area (Å²) in [6.07, 6.45) is 1.78. The average Bonchev–Trinajstić information content (AvgIpc) is 2.59. The molecule has 0 amide bonds. The number of anilines is 2. The lowest BCUT2D eigenvalue weighted by Gasteiger charge is -2.37. The fourth-order valence-corrected chi connectivity index (χ4v) is 3.23. The molecule has 0 aliphatic carbocycles. The van der Waals surface area contributed by atoms with Crippen LogP contribution in [0.1, 0.15) is 36.4 Å². The quantitative estimate of drug-likeness (QED) is 0.791. The predicted molar refractivity (Wildman–Crippen MR) is 70.8 cm³/mol. The van der Waals surface area contributed by atoms with Crippen molar-refractivity contribution in [3.63, 3.8) is 0 Å². The van der Waals surface area contributed by atoms with E-state index in [0.29, 0.717) is 17.1 Å². The smallest absolute Gasteiger partial charge is 0.171 e. The molecule has 2 rings (SSSR count). The largest absolute Gasteiger partial charge is 0.397 e. The Morgan fingerprint density at radius 3 is 2.88 bits per heavy atom. The summed E-state index contributed by atoms with van der Waals surface area (Å²) in [4.78, 5) is 14.1. The van der Waals surface area contributed by atoms with Gasteiger partial charge >= 0.3 is 0 Å². The summed E-state index contributed by atoms with van der Waals surface area (Å²) in [7, 11) is 0. The van der Waals surface area contributed by atoms with Gasteiger partial charge in [0.1, 0.15) is 0 Å². The van der Waals surface area contributed by atoms with Gasteiger partial charge in [-0.15, -0.1) is 11.3 Å². The number of hydrogen-bond acceptors (Lipinski definition) is 5. The lowest BCUT2D eigenvalue weighted by Crippen LogP contribution is -2.45. The number of Topliss-reactive ketones (excluding diaryl/α,β-unsaturated/α-hetero) is 1. The molecule has 1 aromatic heterocycles. The highest BCUT2D eigenvalue weighted by molar-refractivity contribution is 7.18. The van der Waals surface area contributed by atoms with E-state index in [4.69, 9.17) is 5.73 Å². The van der Waals surface area contributed by atoms with Crippen molar-refractivity contribution in [1.29, 1.82) is 0 Å². The first-order chi connectivity index (χ1) is 7.89. The van der Waals surface area contributed by atoms with Crippen LogP contribution in [0.15, 0.2) is 6.07 Å². The number of nitrogens with two attached hydrogens (primary N) is 1. The van der Waals surface area contributed by atoms with E-state index >= 15 is 0 Å². The normalized spacial score (nSPS) is 25.0. The number of aliphatic hydroxyl groups is 1. The molecule has 1 aromatic rings. The number of ketones is 1. The van der Waals surface area contributed by atoms with Crippen LogP contribution in [0.3, 0.4) is 0 Å². The molecule has 1 atom stereocenters. The Labute approximate surface area is 105 Å². The molecule has 1 saturated heterocycles. The molecule has 5 heteroatoms. The molecular weight excluding hydrogens is 236 g/mol. The molecular formula is C12H18N2O2S. The number of carbonyl (C=O) groups excluding carboxylic acids is 1. The second kappa shape index (κ2) is 4.31. The van der Waals surface area contributed by atoms with Gasteiger partial charge in [0.15, 0.2) is 5.78 Å². The van der Waals surface area contributed by atoms with E-state index in [2.05, 4.69) is 4.90 Å². The number of nitrogen functional groups attached to an aromatic ring is 1. The summed E-state index contributed by atoms with van der Waals surface area (Å²) in [6, 6.07) is 1.84. The monoisotopic (exact) mass is 254 g/mol. The van der Waals surface area contributed by atoms with Crippen LogP contribution < -0.4 is 10.6 Å². The molecule has 0 saturated carbocycles.